The fourth-order valence-corrected chi connectivity index (χ4v) is 12.6. The fraction of sp³-hybridized carbons (Fsp3) is 0.604. The highest BCUT2D eigenvalue weighted by atomic mass is 35.5. The molecule has 4 fully saturated rings. The lowest BCUT2D eigenvalue weighted by Crippen LogP contribution is -2.62. The second-order valence-electron chi connectivity index (χ2n) is 22.2. The van der Waals surface area contributed by atoms with Crippen LogP contribution in [0.5, 0.6) is 0 Å². The van der Waals surface area contributed by atoms with Crippen LogP contribution in [0.4, 0.5) is 23.2 Å². The number of halogens is 5. The number of nitrogens with one attached hydrogen (secondary N) is 2. The number of rotatable bonds is 10. The molecule has 1 spiro atoms. The zero-order chi connectivity index (χ0) is 54.6. The molecule has 0 radical (unpaired) electrons. The van der Waals surface area contributed by atoms with Gasteiger partial charge in [-0.2, -0.15) is 13.2 Å². The summed E-state index contributed by atoms with van der Waals surface area (Å²) in [7, 11) is 3.58. The van der Waals surface area contributed by atoms with Gasteiger partial charge in [0.05, 0.1) is 52.1 Å². The number of ether oxygens (including phenoxy) is 2. The Hall–Kier alpha value is -5.42. The lowest BCUT2D eigenvalue weighted by molar-refractivity contribution is -0.155. The van der Waals surface area contributed by atoms with E-state index in [0.29, 0.717) is 82.0 Å². The number of esters is 1. The molecule has 4 saturated heterocycles. The van der Waals surface area contributed by atoms with Gasteiger partial charge in [0.1, 0.15) is 24.7 Å². The van der Waals surface area contributed by atoms with Crippen LogP contribution in [0.3, 0.4) is 0 Å². The Kier molecular flexibility index (Phi) is 15.9. The molecule has 2 N–H and O–H groups in total. The molecule has 6 bridgehead atoms. The number of benzene rings is 1. The number of piperazine rings is 1. The number of hydrogen-bond donors (Lipinski definition) is 2. The molecule has 412 valence electrons. The highest BCUT2D eigenvalue weighted by Crippen LogP contribution is 2.45. The van der Waals surface area contributed by atoms with E-state index in [0.717, 1.165) is 18.8 Å². The van der Waals surface area contributed by atoms with Crippen LogP contribution in [0.2, 0.25) is 0 Å². The maximum Gasteiger partial charge on any atom is 0.406 e. The molecule has 8 heterocycles. The predicted octanol–water partition coefficient (Wildman–Crippen LogP) is 6.51. The quantitative estimate of drug-likeness (QED) is 0.100. The van der Waals surface area contributed by atoms with Crippen LogP contribution >= 0.6 is 22.9 Å². The minimum atomic E-state index is -4.63. The van der Waals surface area contributed by atoms with E-state index >= 15 is 13.2 Å². The Morgan fingerprint density at radius 3 is 2.47 bits per heavy atom. The maximum atomic E-state index is 15.0. The van der Waals surface area contributed by atoms with Crippen molar-refractivity contribution in [1.29, 1.82) is 0 Å². The molecule has 6 atom stereocenters. The van der Waals surface area contributed by atoms with Crippen LogP contribution in [-0.4, -0.2) is 167 Å². The van der Waals surface area contributed by atoms with Crippen molar-refractivity contribution in [3.8, 4) is 22.5 Å². The second kappa shape index (κ2) is 21.8. The van der Waals surface area contributed by atoms with Crippen LogP contribution in [0.1, 0.15) is 82.7 Å². The molecule has 1 aromatic carbocycles. The third-order valence-corrected chi connectivity index (χ3v) is 16.8. The van der Waals surface area contributed by atoms with Gasteiger partial charge in [0.25, 0.3) is 17.4 Å². The Morgan fingerprint density at radius 2 is 1.78 bits per heavy atom. The number of hydrogen-bond acceptors (Lipinski definition) is 13. The number of cyclic esters (lactones) is 1. The number of carbonyl (C=O) groups is 5. The van der Waals surface area contributed by atoms with Crippen LogP contribution in [0, 0.1) is 16.7 Å². The van der Waals surface area contributed by atoms with Gasteiger partial charge in [0.2, 0.25) is 11.8 Å². The third kappa shape index (κ3) is 11.3. The number of hydrazine groups is 1. The topological polar surface area (TPSA) is 175 Å². The molecule has 0 saturated carbocycles. The molecule has 17 nitrogen and oxygen atoms in total. The number of likely N-dealkylation sites (N-methyl/N-ethyl adjacent to an activating group) is 1. The summed E-state index contributed by atoms with van der Waals surface area (Å²) in [5.74, 6) is -3.43. The van der Waals surface area contributed by atoms with Crippen molar-refractivity contribution < 1.29 is 51.0 Å². The first kappa shape index (κ1) is 55.3. The predicted molar refractivity (Wildman–Crippen MR) is 279 cm³/mol. The molecule has 23 heteroatoms. The number of likely N-dealkylation sites (tertiary alicyclic amines) is 2. The Labute approximate surface area is 448 Å². The van der Waals surface area contributed by atoms with E-state index in [-0.39, 0.29) is 58.0 Å². The highest BCUT2D eigenvalue weighted by Gasteiger charge is 2.55. The molecule has 5 aliphatic rings. The van der Waals surface area contributed by atoms with Gasteiger partial charge in [-0.25, -0.2) is 14.8 Å². The van der Waals surface area contributed by atoms with E-state index in [2.05, 4.69) is 20.5 Å². The van der Waals surface area contributed by atoms with Gasteiger partial charge in [-0.3, -0.25) is 34.0 Å². The lowest BCUT2D eigenvalue weighted by atomic mass is 9.84. The van der Waals surface area contributed by atoms with E-state index < -0.39 is 83.0 Å². The van der Waals surface area contributed by atoms with Crippen molar-refractivity contribution in [2.45, 2.75) is 116 Å². The number of anilines is 1. The minimum Gasteiger partial charge on any atom is -0.464 e. The molecule has 3 aromatic heterocycles. The molecule has 4 amide bonds. The lowest BCUT2D eigenvalue weighted by Gasteiger charge is -2.36. The number of pyridine rings is 1. The van der Waals surface area contributed by atoms with Crippen LogP contribution < -0.4 is 15.6 Å². The molecular weight excluding hydrogens is 1030 g/mol. The molecule has 76 heavy (non-hydrogen) atoms. The van der Waals surface area contributed by atoms with Crippen LogP contribution in [-0.2, 0) is 52.8 Å². The summed E-state index contributed by atoms with van der Waals surface area (Å²) in [6.07, 6.45) is -2.02. The summed E-state index contributed by atoms with van der Waals surface area (Å²) in [6, 6.07) is 3.94. The Morgan fingerprint density at radius 1 is 1.04 bits per heavy atom. The Balaban J connectivity index is 1.12. The normalized spacial score (nSPS) is 24.1. The van der Waals surface area contributed by atoms with Crippen LogP contribution in [0.25, 0.3) is 33.4 Å². The van der Waals surface area contributed by atoms with Crippen molar-refractivity contribution in [2.75, 3.05) is 78.0 Å². The molecule has 9 rings (SSSR count). The number of amides is 4. The van der Waals surface area contributed by atoms with Crippen molar-refractivity contribution >= 4 is 69.1 Å². The van der Waals surface area contributed by atoms with Crippen molar-refractivity contribution in [2.24, 2.45) is 16.7 Å². The number of alkyl halides is 5. The summed E-state index contributed by atoms with van der Waals surface area (Å²) in [5, 5.41) is 7.09. The zero-order valence-corrected chi connectivity index (χ0v) is 45.5. The number of thiazole rings is 1. The minimum absolute atomic E-state index is 0.0259. The number of nitrogens with zero attached hydrogens (tertiary/aromatic N) is 8. The van der Waals surface area contributed by atoms with E-state index in [4.69, 9.17) is 31.0 Å². The van der Waals surface area contributed by atoms with Gasteiger partial charge in [-0.15, -0.1) is 11.3 Å². The van der Waals surface area contributed by atoms with Gasteiger partial charge < -0.3 is 39.0 Å². The third-order valence-electron chi connectivity index (χ3n) is 15.7. The average molecular weight is 1100 g/mol. The average Bonchev–Trinajstić information content (AvgIpc) is 4.17. The summed E-state index contributed by atoms with van der Waals surface area (Å²) in [4.78, 5) is 87.3. The number of carbonyl (C=O) groups excluding carboxylic acids is 5. The number of aromatic nitrogens is 3. The van der Waals surface area contributed by atoms with E-state index in [1.165, 1.54) is 37.8 Å². The van der Waals surface area contributed by atoms with Gasteiger partial charge in [-0.1, -0.05) is 45.4 Å². The standard InChI is InChI=1S/C53H67ClF4N10O7S/c1-30(2)43(66-16-13-52(50(66)73)12-15-65(27-52)48(71)45(54)55)46(69)61-38-23-41-60-39(26-76-41)32-10-11-40-34(21-32)36(24-51(4,5)29-75-49(72)37-9-8-14-68(62-37)47(38)70)44(67(40)28-53(56,57)58)35-22-33(25-59-42(35)31(3)74-7)64-19-17-63(6)18-20-64/h10-11,21-22,25-26,30-31,37-38,43,45,62H,8-9,12-20,23-24,27-29H2,1-7H3,(H,61,69)/t31-,37-,38-,43-,45-,52-/m0/s1. The summed E-state index contributed by atoms with van der Waals surface area (Å²) >= 11 is 6.73. The highest BCUT2D eigenvalue weighted by molar-refractivity contribution is 7.10. The molecule has 4 aromatic rings. The zero-order valence-electron chi connectivity index (χ0n) is 44.0. The summed E-state index contributed by atoms with van der Waals surface area (Å²) in [6.45, 7) is 11.3. The second-order valence-corrected chi connectivity index (χ2v) is 23.6. The number of methoxy groups -OCH3 is 1. The van der Waals surface area contributed by atoms with Crippen molar-refractivity contribution in [3.05, 3.63) is 52.1 Å². The molecule has 0 unspecified atom stereocenters. The first-order valence-corrected chi connectivity index (χ1v) is 27.3. The van der Waals surface area contributed by atoms with Gasteiger partial charge in [0, 0.05) is 98.7 Å². The SMILES string of the molecule is CO[C@@H](C)c1ncc(N2CCN(C)CC2)cc1-c1c2c3cc(ccc3n1CC(F)(F)F)-c1csc(n1)C[C@H](NC(=O)[C@H](C(C)C)N1CC[C@]3(CCN(C(=O)[C@H](F)Cl)C3)C1=O)C(=O)N1CCC[C@H](N1)C(=O)OCC(C)(C)C2. The van der Waals surface area contributed by atoms with E-state index in [9.17, 15) is 28.4 Å². The molecule has 5 aliphatic heterocycles. The van der Waals surface area contributed by atoms with E-state index in [1.807, 2.05) is 40.0 Å². The van der Waals surface area contributed by atoms with Crippen LogP contribution in [0.15, 0.2) is 35.8 Å². The summed E-state index contributed by atoms with van der Waals surface area (Å²) in [5.41, 5.74) is 3.04. The number of fused-ring (bicyclic) bond motifs is 6. The monoisotopic (exact) mass is 1100 g/mol. The first-order chi connectivity index (χ1) is 36.0. The van der Waals surface area contributed by atoms with Gasteiger partial charge in [-0.05, 0) is 75.8 Å². The largest absolute Gasteiger partial charge is 0.464 e. The molecule has 0 aliphatic carbocycles. The smallest absolute Gasteiger partial charge is 0.406 e. The van der Waals surface area contributed by atoms with Crippen molar-refractivity contribution in [3.63, 3.8) is 0 Å². The Bertz CT molecular complexity index is 2870. The summed E-state index contributed by atoms with van der Waals surface area (Å²) < 4.78 is 72.2. The van der Waals surface area contributed by atoms with E-state index in [1.54, 1.807) is 37.6 Å². The van der Waals surface area contributed by atoms with Crippen molar-refractivity contribution in [1.82, 2.24) is 45.0 Å². The first-order valence-electron chi connectivity index (χ1n) is 26.0. The fourth-order valence-electron chi connectivity index (χ4n) is 11.6. The van der Waals surface area contributed by atoms with Gasteiger partial charge >= 0.3 is 12.1 Å². The maximum absolute atomic E-state index is 15.0. The van der Waals surface area contributed by atoms with Gasteiger partial charge in [0.15, 0.2) is 0 Å². The molecular formula is C53H67ClF4N10O7S.